The smallest absolute Gasteiger partial charge is 0.416 e. The number of hydrogen-bond acceptors (Lipinski definition) is 3. The van der Waals surface area contributed by atoms with E-state index in [2.05, 4.69) is 10.6 Å². The topological polar surface area (TPSA) is 50.4 Å². The normalized spacial score (nSPS) is 19.2. The molecule has 30 heavy (non-hydrogen) atoms. The Morgan fingerprint density at radius 2 is 1.83 bits per heavy atom. The fraction of sp³-hybridized carbons (Fsp3) is 0.409. The van der Waals surface area contributed by atoms with Crippen molar-refractivity contribution in [2.75, 3.05) is 19.0 Å². The molecule has 1 fully saturated rings. The zero-order valence-electron chi connectivity index (χ0n) is 16.6. The number of benzene rings is 2. The highest BCUT2D eigenvalue weighted by molar-refractivity contribution is 6.33. The molecule has 162 valence electrons. The van der Waals surface area contributed by atoms with Gasteiger partial charge in [-0.3, -0.25) is 4.79 Å². The van der Waals surface area contributed by atoms with Crippen LogP contribution in [0.5, 0.6) is 5.75 Å². The molecule has 1 saturated carbocycles. The van der Waals surface area contributed by atoms with E-state index in [9.17, 15) is 18.0 Å². The van der Waals surface area contributed by atoms with Crippen molar-refractivity contribution >= 4 is 23.2 Å². The number of halogens is 4. The van der Waals surface area contributed by atoms with Gasteiger partial charge in [-0.05, 0) is 61.9 Å². The van der Waals surface area contributed by atoms with E-state index in [1.54, 1.807) is 7.11 Å². The molecule has 1 amide bonds. The second kappa shape index (κ2) is 9.60. The van der Waals surface area contributed by atoms with Crippen LogP contribution in [0.15, 0.2) is 42.5 Å². The van der Waals surface area contributed by atoms with E-state index >= 15 is 0 Å². The first-order chi connectivity index (χ1) is 14.3. The number of anilines is 1. The lowest BCUT2D eigenvalue weighted by Gasteiger charge is -2.29. The molecule has 0 atom stereocenters. The Kier molecular flexibility index (Phi) is 7.13. The zero-order chi connectivity index (χ0) is 21.7. The van der Waals surface area contributed by atoms with Crippen LogP contribution in [0.3, 0.4) is 0 Å². The summed E-state index contributed by atoms with van der Waals surface area (Å²) in [4.78, 5) is 12.5. The van der Waals surface area contributed by atoms with Crippen molar-refractivity contribution in [2.24, 2.45) is 5.92 Å². The summed E-state index contributed by atoms with van der Waals surface area (Å²) in [7, 11) is 1.63. The standard InChI is InChI=1S/C22H24ClF3N2O2/c1-30-20-5-3-2-4-19(20)27-13-14-6-9-16(10-7-14)28-21(29)17-12-15(22(24,25)26)8-11-18(17)23/h2-5,8,11-12,14,16,27H,6-7,9-10,13H2,1H3,(H,28,29)/t14-,16-. The third-order valence-corrected chi connectivity index (χ3v) is 5.74. The Hall–Kier alpha value is -2.41. The number of carbonyl (C=O) groups is 1. The number of rotatable bonds is 6. The van der Waals surface area contributed by atoms with Gasteiger partial charge in [0.25, 0.3) is 5.91 Å². The molecule has 4 nitrogen and oxygen atoms in total. The van der Waals surface area contributed by atoms with E-state index < -0.39 is 17.6 Å². The lowest BCUT2D eigenvalue weighted by Crippen LogP contribution is -2.38. The van der Waals surface area contributed by atoms with Gasteiger partial charge in [0.05, 0.1) is 28.9 Å². The number of methoxy groups -OCH3 is 1. The minimum absolute atomic E-state index is 0.00944. The Morgan fingerprint density at radius 1 is 1.13 bits per heavy atom. The first kappa shape index (κ1) is 22.3. The summed E-state index contributed by atoms with van der Waals surface area (Å²) < 4.78 is 44.1. The minimum Gasteiger partial charge on any atom is -0.495 e. The SMILES string of the molecule is COc1ccccc1NC[C@H]1CC[C@H](NC(=O)c2cc(C(F)(F)F)ccc2Cl)CC1. The van der Waals surface area contributed by atoms with Crippen molar-refractivity contribution in [2.45, 2.75) is 37.9 Å². The van der Waals surface area contributed by atoms with Crippen molar-refractivity contribution in [3.63, 3.8) is 0 Å². The molecule has 0 radical (unpaired) electrons. The zero-order valence-corrected chi connectivity index (χ0v) is 17.3. The maximum atomic E-state index is 12.9. The quantitative estimate of drug-likeness (QED) is 0.599. The lowest BCUT2D eigenvalue weighted by atomic mass is 9.86. The second-order valence-electron chi connectivity index (χ2n) is 7.46. The first-order valence-corrected chi connectivity index (χ1v) is 10.2. The predicted octanol–water partition coefficient (Wildman–Crippen LogP) is 5.77. The van der Waals surface area contributed by atoms with Gasteiger partial charge in [-0.25, -0.2) is 0 Å². The highest BCUT2D eigenvalue weighted by Gasteiger charge is 2.32. The molecule has 0 aliphatic heterocycles. The molecule has 8 heteroatoms. The van der Waals surface area contributed by atoms with Crippen LogP contribution in [0, 0.1) is 5.92 Å². The van der Waals surface area contributed by atoms with Crippen LogP contribution in [-0.2, 0) is 6.18 Å². The van der Waals surface area contributed by atoms with Gasteiger partial charge in [-0.2, -0.15) is 13.2 Å². The molecule has 0 unspecified atom stereocenters. The van der Waals surface area contributed by atoms with Crippen molar-refractivity contribution in [1.82, 2.24) is 5.32 Å². The monoisotopic (exact) mass is 440 g/mol. The lowest BCUT2D eigenvalue weighted by molar-refractivity contribution is -0.137. The van der Waals surface area contributed by atoms with Crippen LogP contribution in [0.1, 0.15) is 41.6 Å². The largest absolute Gasteiger partial charge is 0.495 e. The van der Waals surface area contributed by atoms with Gasteiger partial charge < -0.3 is 15.4 Å². The average Bonchev–Trinajstić information content (AvgIpc) is 2.73. The molecule has 0 spiro atoms. The molecule has 1 aliphatic carbocycles. The Morgan fingerprint density at radius 3 is 2.50 bits per heavy atom. The number of para-hydroxylation sites is 2. The molecular formula is C22H24ClF3N2O2. The maximum Gasteiger partial charge on any atom is 0.416 e. The number of nitrogens with one attached hydrogen (secondary N) is 2. The Balaban J connectivity index is 1.52. The summed E-state index contributed by atoms with van der Waals surface area (Å²) >= 11 is 5.96. The molecular weight excluding hydrogens is 417 g/mol. The summed E-state index contributed by atoms with van der Waals surface area (Å²) in [5, 5.41) is 6.25. The van der Waals surface area contributed by atoms with E-state index in [1.807, 2.05) is 24.3 Å². The van der Waals surface area contributed by atoms with Gasteiger partial charge in [0.2, 0.25) is 0 Å². The number of alkyl halides is 3. The molecule has 2 N–H and O–H groups in total. The molecule has 1 aliphatic rings. The van der Waals surface area contributed by atoms with E-state index in [0.29, 0.717) is 5.92 Å². The van der Waals surface area contributed by atoms with Gasteiger partial charge in [0.1, 0.15) is 5.75 Å². The molecule has 2 aromatic rings. The second-order valence-corrected chi connectivity index (χ2v) is 7.87. The molecule has 2 aromatic carbocycles. The molecule has 0 heterocycles. The number of carbonyl (C=O) groups excluding carboxylic acids is 1. The van der Waals surface area contributed by atoms with Crippen molar-refractivity contribution in [3.05, 3.63) is 58.6 Å². The first-order valence-electron chi connectivity index (χ1n) is 9.82. The summed E-state index contributed by atoms with van der Waals surface area (Å²) in [6.45, 7) is 0.792. The number of amides is 1. The van der Waals surface area contributed by atoms with Crippen molar-refractivity contribution < 1.29 is 22.7 Å². The minimum atomic E-state index is -4.52. The van der Waals surface area contributed by atoms with E-state index in [0.717, 1.165) is 61.9 Å². The fourth-order valence-electron chi connectivity index (χ4n) is 3.69. The van der Waals surface area contributed by atoms with Crippen molar-refractivity contribution in [1.29, 1.82) is 0 Å². The van der Waals surface area contributed by atoms with Gasteiger partial charge in [-0.1, -0.05) is 23.7 Å². The summed E-state index contributed by atoms with van der Waals surface area (Å²) in [5.74, 6) is 0.665. The van der Waals surface area contributed by atoms with Crippen LogP contribution in [0.2, 0.25) is 5.02 Å². The Bertz CT molecular complexity index is 881. The Labute approximate surface area is 178 Å². The van der Waals surface area contributed by atoms with Crippen LogP contribution in [0.25, 0.3) is 0 Å². The van der Waals surface area contributed by atoms with Gasteiger partial charge in [0.15, 0.2) is 0 Å². The van der Waals surface area contributed by atoms with E-state index in [1.165, 1.54) is 0 Å². The number of hydrogen-bond donors (Lipinski definition) is 2. The average molecular weight is 441 g/mol. The third-order valence-electron chi connectivity index (χ3n) is 5.41. The highest BCUT2D eigenvalue weighted by atomic mass is 35.5. The maximum absolute atomic E-state index is 12.9. The third kappa shape index (κ3) is 5.59. The number of ether oxygens (including phenoxy) is 1. The van der Waals surface area contributed by atoms with Crippen LogP contribution in [0.4, 0.5) is 18.9 Å². The van der Waals surface area contributed by atoms with Crippen LogP contribution in [-0.4, -0.2) is 25.6 Å². The van der Waals surface area contributed by atoms with Crippen molar-refractivity contribution in [3.8, 4) is 5.75 Å². The van der Waals surface area contributed by atoms with Gasteiger partial charge in [-0.15, -0.1) is 0 Å². The summed E-state index contributed by atoms with van der Waals surface area (Å²) in [5.41, 5.74) is -0.0933. The molecule has 0 saturated heterocycles. The predicted molar refractivity (Wildman–Crippen MR) is 111 cm³/mol. The van der Waals surface area contributed by atoms with Crippen LogP contribution < -0.4 is 15.4 Å². The van der Waals surface area contributed by atoms with Gasteiger partial charge in [0, 0.05) is 12.6 Å². The molecule has 0 bridgehead atoms. The van der Waals surface area contributed by atoms with Crippen LogP contribution >= 0.6 is 11.6 Å². The van der Waals surface area contributed by atoms with E-state index in [4.69, 9.17) is 16.3 Å². The summed E-state index contributed by atoms with van der Waals surface area (Å²) in [6, 6.07) is 10.4. The van der Waals surface area contributed by atoms with Gasteiger partial charge >= 0.3 is 6.18 Å². The summed E-state index contributed by atoms with van der Waals surface area (Å²) in [6.07, 6.45) is -1.18. The highest BCUT2D eigenvalue weighted by Crippen LogP contribution is 2.32. The fourth-order valence-corrected chi connectivity index (χ4v) is 3.90. The molecule has 0 aromatic heterocycles. The molecule has 3 rings (SSSR count). The van der Waals surface area contributed by atoms with E-state index in [-0.39, 0.29) is 16.6 Å².